The van der Waals surface area contributed by atoms with Crippen LogP contribution in [0.3, 0.4) is 0 Å². The molecule has 2 fully saturated rings. The van der Waals surface area contributed by atoms with Crippen molar-refractivity contribution < 1.29 is 14.0 Å². The quantitative estimate of drug-likeness (QED) is 0.276. The summed E-state index contributed by atoms with van der Waals surface area (Å²) in [5, 5.41) is 15.5. The van der Waals surface area contributed by atoms with E-state index in [0.29, 0.717) is 78.4 Å². The Bertz CT molecular complexity index is 2290. The molecule has 6 aromatic rings. The van der Waals surface area contributed by atoms with Gasteiger partial charge in [0.25, 0.3) is 5.91 Å². The fourth-order valence-corrected chi connectivity index (χ4v) is 8.39. The SMILES string of the molecule is Cc1nc2c(-c3nn(N4C(=O)C5(CCNC5)C[C@H]4CC(=O)N4CC=C(c5ncc(-c6ncn(C)n6)s5)CC4)c4cccnc34)cccc2o1. The van der Waals surface area contributed by atoms with Crippen molar-refractivity contribution in [3.8, 4) is 22.0 Å². The number of oxazole rings is 1. The van der Waals surface area contributed by atoms with E-state index in [9.17, 15) is 9.59 Å². The molecule has 1 aromatic carbocycles. The first-order valence-electron chi connectivity index (χ1n) is 16.4. The zero-order chi connectivity index (χ0) is 33.3. The van der Waals surface area contributed by atoms with Crippen LogP contribution < -0.4 is 10.3 Å². The highest BCUT2D eigenvalue weighted by Crippen LogP contribution is 2.43. The molecule has 248 valence electrons. The van der Waals surface area contributed by atoms with Crippen molar-refractivity contribution in [2.45, 2.75) is 38.6 Å². The highest BCUT2D eigenvalue weighted by molar-refractivity contribution is 7.16. The highest BCUT2D eigenvalue weighted by atomic mass is 32.1. The van der Waals surface area contributed by atoms with Gasteiger partial charge in [0.15, 0.2) is 17.3 Å². The van der Waals surface area contributed by atoms with Gasteiger partial charge in [-0.3, -0.25) is 19.3 Å². The number of rotatable bonds is 6. The molecule has 14 nitrogen and oxygen atoms in total. The molecule has 8 heterocycles. The van der Waals surface area contributed by atoms with Gasteiger partial charge in [-0.1, -0.05) is 18.2 Å². The van der Waals surface area contributed by atoms with Crippen LogP contribution in [0.2, 0.25) is 0 Å². The second kappa shape index (κ2) is 11.4. The normalized spacial score (nSPS) is 21.1. The number of aryl methyl sites for hydroxylation is 2. The van der Waals surface area contributed by atoms with Crippen LogP contribution in [0.5, 0.6) is 0 Å². The van der Waals surface area contributed by atoms with Gasteiger partial charge >= 0.3 is 0 Å². The third-order valence-corrected chi connectivity index (χ3v) is 10.9. The van der Waals surface area contributed by atoms with Gasteiger partial charge in [0.2, 0.25) is 5.91 Å². The van der Waals surface area contributed by atoms with E-state index in [4.69, 9.17) is 14.5 Å². The molecular weight excluding hydrogens is 643 g/mol. The van der Waals surface area contributed by atoms with Crippen molar-refractivity contribution in [1.29, 1.82) is 0 Å². The maximum atomic E-state index is 14.4. The van der Waals surface area contributed by atoms with Crippen molar-refractivity contribution in [1.82, 2.24) is 49.8 Å². The first-order chi connectivity index (χ1) is 23.9. The molecule has 0 bridgehead atoms. The monoisotopic (exact) mass is 675 g/mol. The molecule has 0 aliphatic carbocycles. The molecule has 2 amide bonds. The molecule has 49 heavy (non-hydrogen) atoms. The molecule has 2 atom stereocenters. The van der Waals surface area contributed by atoms with E-state index in [2.05, 4.69) is 31.4 Å². The number of aromatic nitrogens is 8. The Morgan fingerprint density at radius 1 is 1.14 bits per heavy atom. The van der Waals surface area contributed by atoms with Crippen LogP contribution in [-0.4, -0.2) is 88.5 Å². The summed E-state index contributed by atoms with van der Waals surface area (Å²) in [4.78, 5) is 51.2. The molecule has 2 saturated heterocycles. The maximum absolute atomic E-state index is 14.4. The maximum Gasteiger partial charge on any atom is 0.250 e. The van der Waals surface area contributed by atoms with E-state index >= 15 is 0 Å². The van der Waals surface area contributed by atoms with Crippen LogP contribution in [0.25, 0.3) is 49.7 Å². The Hall–Kier alpha value is -5.28. The zero-order valence-electron chi connectivity index (χ0n) is 27.0. The average molecular weight is 676 g/mol. The smallest absolute Gasteiger partial charge is 0.250 e. The first kappa shape index (κ1) is 29.8. The number of hydrogen-bond acceptors (Lipinski definition) is 11. The number of carbonyl (C=O) groups excluding carboxylic acids is 2. The Labute approximate surface area is 284 Å². The molecule has 3 aliphatic rings. The molecule has 15 heteroatoms. The molecule has 0 saturated carbocycles. The molecule has 5 aromatic heterocycles. The Morgan fingerprint density at radius 2 is 2.06 bits per heavy atom. The fourth-order valence-electron chi connectivity index (χ4n) is 7.46. The average Bonchev–Trinajstić information content (AvgIpc) is 3.96. The number of thiazole rings is 1. The number of nitrogens with one attached hydrogen (secondary N) is 1. The predicted octanol–water partition coefficient (Wildman–Crippen LogP) is 3.72. The standard InChI is InChI=1S/C34H33N11O3S/c1-20-39-28-23(5-3-7-25(28)48-20)29-30-24(6-4-11-36-30)45(40-29)44-22(16-34(33(44)47)10-12-35-18-34)15-27(46)43-13-8-21(9-14-43)32-37-17-26(49-32)31-38-19-42(2)41-31/h3-8,11,17,19,22,35H,9-10,12-16,18H2,1-2H3/t22-,34?/m1/s1. The van der Waals surface area contributed by atoms with Crippen molar-refractivity contribution in [2.24, 2.45) is 12.5 Å². The number of carbonyl (C=O) groups is 2. The van der Waals surface area contributed by atoms with Gasteiger partial charge in [-0.25, -0.2) is 20.0 Å². The lowest BCUT2D eigenvalue weighted by Gasteiger charge is -2.29. The second-order valence-corrected chi connectivity index (χ2v) is 14.0. The van der Waals surface area contributed by atoms with Crippen molar-refractivity contribution >= 4 is 50.9 Å². The summed E-state index contributed by atoms with van der Waals surface area (Å²) in [7, 11) is 1.84. The summed E-state index contributed by atoms with van der Waals surface area (Å²) < 4.78 is 7.48. The van der Waals surface area contributed by atoms with E-state index in [-0.39, 0.29) is 24.3 Å². The third kappa shape index (κ3) is 4.94. The summed E-state index contributed by atoms with van der Waals surface area (Å²) in [6, 6.07) is 9.11. The lowest BCUT2D eigenvalue weighted by atomic mass is 9.83. The van der Waals surface area contributed by atoms with Gasteiger partial charge in [0.05, 0.1) is 16.3 Å². The Morgan fingerprint density at radius 3 is 2.86 bits per heavy atom. The third-order valence-electron chi connectivity index (χ3n) is 9.86. The number of hydrogen-bond donors (Lipinski definition) is 1. The van der Waals surface area contributed by atoms with Crippen LogP contribution >= 0.6 is 11.3 Å². The molecule has 1 unspecified atom stereocenters. The van der Waals surface area contributed by atoms with Gasteiger partial charge in [-0.15, -0.1) is 16.4 Å². The van der Waals surface area contributed by atoms with Crippen LogP contribution in [0.15, 0.2) is 59.5 Å². The Balaban J connectivity index is 1.01. The van der Waals surface area contributed by atoms with Gasteiger partial charge in [0.1, 0.15) is 33.6 Å². The number of pyridine rings is 1. The van der Waals surface area contributed by atoms with E-state index in [0.717, 1.165) is 27.6 Å². The number of para-hydroxylation sites is 1. The number of fused-ring (bicyclic) bond motifs is 2. The molecule has 3 aliphatic heterocycles. The van der Waals surface area contributed by atoms with Gasteiger partial charge in [0, 0.05) is 58.0 Å². The predicted molar refractivity (Wildman–Crippen MR) is 183 cm³/mol. The van der Waals surface area contributed by atoms with Crippen LogP contribution in [0.1, 0.15) is 36.6 Å². The molecule has 9 rings (SSSR count). The van der Waals surface area contributed by atoms with E-state index in [1.54, 1.807) is 44.5 Å². The van der Waals surface area contributed by atoms with Crippen molar-refractivity contribution in [3.05, 3.63) is 66.0 Å². The topological polar surface area (TPSA) is 153 Å². The first-order valence-corrected chi connectivity index (χ1v) is 17.2. The summed E-state index contributed by atoms with van der Waals surface area (Å²) in [6.45, 7) is 4.21. The minimum Gasteiger partial charge on any atom is -0.441 e. The summed E-state index contributed by atoms with van der Waals surface area (Å²) in [6.07, 6.45) is 9.46. The van der Waals surface area contributed by atoms with Crippen molar-refractivity contribution in [3.63, 3.8) is 0 Å². The molecular formula is C34H33N11O3S. The van der Waals surface area contributed by atoms with Gasteiger partial charge in [-0.05, 0) is 49.6 Å². The Kier molecular flexibility index (Phi) is 6.95. The van der Waals surface area contributed by atoms with Crippen LogP contribution in [0, 0.1) is 12.3 Å². The minimum absolute atomic E-state index is 0.0104. The van der Waals surface area contributed by atoms with Gasteiger partial charge < -0.3 is 14.6 Å². The number of benzene rings is 1. The molecule has 1 N–H and O–H groups in total. The van der Waals surface area contributed by atoms with Crippen molar-refractivity contribution in [2.75, 3.05) is 31.2 Å². The lowest BCUT2D eigenvalue weighted by Crippen LogP contribution is -2.48. The van der Waals surface area contributed by atoms with E-state index in [1.165, 1.54) is 0 Å². The largest absolute Gasteiger partial charge is 0.441 e. The number of nitrogens with zero attached hydrogens (tertiary/aromatic N) is 10. The fraction of sp³-hybridized carbons (Fsp3) is 0.353. The highest BCUT2D eigenvalue weighted by Gasteiger charge is 2.55. The number of amides is 2. The molecule has 1 spiro atoms. The van der Waals surface area contributed by atoms with E-state index < -0.39 is 5.41 Å². The van der Waals surface area contributed by atoms with Gasteiger partial charge in [-0.2, -0.15) is 9.89 Å². The minimum atomic E-state index is -0.588. The lowest BCUT2D eigenvalue weighted by molar-refractivity contribution is -0.131. The summed E-state index contributed by atoms with van der Waals surface area (Å²) in [5.41, 5.74) is 4.59. The van der Waals surface area contributed by atoms with Crippen LogP contribution in [-0.2, 0) is 16.6 Å². The summed E-state index contributed by atoms with van der Waals surface area (Å²) >= 11 is 1.56. The second-order valence-electron chi connectivity index (χ2n) is 13.0. The molecule has 0 radical (unpaired) electrons. The van der Waals surface area contributed by atoms with Crippen LogP contribution in [0.4, 0.5) is 0 Å². The summed E-state index contributed by atoms with van der Waals surface area (Å²) in [5.74, 6) is 1.20. The van der Waals surface area contributed by atoms with E-state index in [1.807, 2.05) is 49.2 Å². The zero-order valence-corrected chi connectivity index (χ0v) is 27.9.